The zero-order valence-corrected chi connectivity index (χ0v) is 15.3. The van der Waals surface area contributed by atoms with E-state index in [9.17, 15) is 4.79 Å². The Morgan fingerprint density at radius 1 is 1.17 bits per heavy atom. The van der Waals surface area contributed by atoms with Crippen LogP contribution in [0.3, 0.4) is 0 Å². The first-order valence-electron chi connectivity index (χ1n) is 9.40. The van der Waals surface area contributed by atoms with Crippen LogP contribution in [0, 0.1) is 18.8 Å². The molecule has 0 radical (unpaired) electrons. The van der Waals surface area contributed by atoms with Crippen molar-refractivity contribution >= 4 is 17.5 Å². The van der Waals surface area contributed by atoms with Crippen LogP contribution >= 0.6 is 11.6 Å². The maximum Gasteiger partial charge on any atom is 0.255 e. The number of nitrogens with zero attached hydrogens (tertiary/aromatic N) is 2. The van der Waals surface area contributed by atoms with E-state index in [4.69, 9.17) is 11.6 Å². The molecule has 0 aromatic heterocycles. The molecular formula is C20H27ClN2O. The van der Waals surface area contributed by atoms with Crippen molar-refractivity contribution in [3.8, 4) is 0 Å². The number of benzene rings is 1. The molecule has 3 saturated heterocycles. The van der Waals surface area contributed by atoms with E-state index >= 15 is 0 Å². The van der Waals surface area contributed by atoms with E-state index in [0.29, 0.717) is 22.5 Å². The van der Waals surface area contributed by atoms with E-state index in [1.165, 1.54) is 45.2 Å². The molecule has 0 N–H and O–H groups in total. The van der Waals surface area contributed by atoms with Crippen molar-refractivity contribution in [2.75, 3.05) is 26.2 Å². The van der Waals surface area contributed by atoms with Gasteiger partial charge in [0.2, 0.25) is 0 Å². The predicted molar refractivity (Wildman–Crippen MR) is 97.5 cm³/mol. The third-order valence-electron chi connectivity index (χ3n) is 6.25. The second-order valence-corrected chi connectivity index (χ2v) is 8.37. The summed E-state index contributed by atoms with van der Waals surface area (Å²) < 4.78 is 0. The topological polar surface area (TPSA) is 23.6 Å². The molecule has 4 heteroatoms. The molecule has 1 aromatic carbocycles. The first-order valence-corrected chi connectivity index (χ1v) is 9.78. The van der Waals surface area contributed by atoms with Crippen LogP contribution in [-0.4, -0.2) is 47.9 Å². The molecule has 3 aliphatic heterocycles. The third-order valence-corrected chi connectivity index (χ3v) is 6.76. The Bertz CT molecular complexity index is 628. The quantitative estimate of drug-likeness (QED) is 0.826. The zero-order valence-electron chi connectivity index (χ0n) is 14.5. The smallest absolute Gasteiger partial charge is 0.255 e. The number of piperidine rings is 1. The second-order valence-electron chi connectivity index (χ2n) is 7.99. The van der Waals surface area contributed by atoms with Gasteiger partial charge in [-0.15, -0.1) is 0 Å². The van der Waals surface area contributed by atoms with Crippen molar-refractivity contribution in [3.63, 3.8) is 0 Å². The summed E-state index contributed by atoms with van der Waals surface area (Å²) in [7, 11) is 0. The number of aryl methyl sites for hydroxylation is 1. The van der Waals surface area contributed by atoms with Crippen LogP contribution in [-0.2, 0) is 0 Å². The summed E-state index contributed by atoms with van der Waals surface area (Å²) >= 11 is 6.40. The number of hydrogen-bond donors (Lipinski definition) is 0. The normalized spacial score (nSPS) is 27.8. The van der Waals surface area contributed by atoms with Crippen LogP contribution < -0.4 is 0 Å². The molecule has 5 rings (SSSR count). The first kappa shape index (κ1) is 16.4. The summed E-state index contributed by atoms with van der Waals surface area (Å²) in [5, 5.41) is 0.616. The minimum absolute atomic E-state index is 0.117. The lowest BCUT2D eigenvalue weighted by Crippen LogP contribution is -2.47. The molecular weight excluding hydrogens is 320 g/mol. The zero-order chi connectivity index (χ0) is 16.7. The Morgan fingerprint density at radius 2 is 2.00 bits per heavy atom. The molecule has 3 heterocycles. The second kappa shape index (κ2) is 6.68. The van der Waals surface area contributed by atoms with E-state index in [1.807, 2.05) is 25.1 Å². The van der Waals surface area contributed by atoms with Gasteiger partial charge >= 0.3 is 0 Å². The molecule has 1 aromatic rings. The van der Waals surface area contributed by atoms with Crippen LogP contribution in [0.15, 0.2) is 18.2 Å². The standard InChI is InChI=1S/C20H27ClN2O/c1-14-4-2-7-18(19(14)21)20(24)23-12-16-8-9-17(13-23)22(11-16)10-15-5-3-6-15/h2,4,7,15-17H,3,5-6,8-13H2,1H3/t16-,17-/m1/s1. The molecule has 130 valence electrons. The van der Waals surface area contributed by atoms with Gasteiger partial charge < -0.3 is 4.90 Å². The van der Waals surface area contributed by atoms with Gasteiger partial charge in [0.25, 0.3) is 5.91 Å². The van der Waals surface area contributed by atoms with E-state index in [0.717, 1.165) is 24.6 Å². The van der Waals surface area contributed by atoms with Gasteiger partial charge in [-0.25, -0.2) is 0 Å². The largest absolute Gasteiger partial charge is 0.337 e. The maximum absolute atomic E-state index is 13.1. The summed E-state index contributed by atoms with van der Waals surface area (Å²) in [6, 6.07) is 6.31. The summed E-state index contributed by atoms with van der Waals surface area (Å²) in [6.45, 7) is 6.14. The fourth-order valence-corrected chi connectivity index (χ4v) is 4.77. The summed E-state index contributed by atoms with van der Waals surface area (Å²) in [5.41, 5.74) is 1.65. The van der Waals surface area contributed by atoms with Gasteiger partial charge in [0, 0.05) is 32.2 Å². The van der Waals surface area contributed by atoms with Crippen molar-refractivity contribution in [2.24, 2.45) is 11.8 Å². The van der Waals surface area contributed by atoms with E-state index < -0.39 is 0 Å². The molecule has 1 amide bonds. The lowest BCUT2D eigenvalue weighted by molar-refractivity contribution is 0.0717. The van der Waals surface area contributed by atoms with Crippen LogP contribution in [0.25, 0.3) is 0 Å². The fourth-order valence-electron chi connectivity index (χ4n) is 4.56. The number of rotatable bonds is 3. The van der Waals surface area contributed by atoms with Crippen LogP contribution in [0.4, 0.5) is 0 Å². The van der Waals surface area contributed by atoms with Gasteiger partial charge in [-0.05, 0) is 56.1 Å². The average molecular weight is 347 g/mol. The predicted octanol–water partition coefficient (Wildman–Crippen LogP) is 3.98. The number of carbonyl (C=O) groups is 1. The number of halogens is 1. The van der Waals surface area contributed by atoms with Gasteiger partial charge in [0.1, 0.15) is 0 Å². The van der Waals surface area contributed by atoms with Crippen molar-refractivity contribution in [1.82, 2.24) is 9.80 Å². The highest BCUT2D eigenvalue weighted by Crippen LogP contribution is 2.34. The van der Waals surface area contributed by atoms with E-state index in [2.05, 4.69) is 9.80 Å². The Labute approximate surface area is 150 Å². The fraction of sp³-hybridized carbons (Fsp3) is 0.650. The average Bonchev–Trinajstić information content (AvgIpc) is 2.84. The molecule has 1 aliphatic carbocycles. The highest BCUT2D eigenvalue weighted by Gasteiger charge is 2.38. The van der Waals surface area contributed by atoms with Gasteiger partial charge in [0.15, 0.2) is 0 Å². The molecule has 0 spiro atoms. The van der Waals surface area contributed by atoms with Crippen molar-refractivity contribution in [2.45, 2.75) is 45.1 Å². The van der Waals surface area contributed by atoms with E-state index in [-0.39, 0.29) is 5.91 Å². The molecule has 1 saturated carbocycles. The Morgan fingerprint density at radius 3 is 2.75 bits per heavy atom. The summed E-state index contributed by atoms with van der Waals surface area (Å²) in [4.78, 5) is 17.8. The Hall–Kier alpha value is -1.06. The van der Waals surface area contributed by atoms with Gasteiger partial charge in [-0.3, -0.25) is 9.69 Å². The third kappa shape index (κ3) is 3.09. The SMILES string of the molecule is Cc1cccc(C(=O)N2C[C@@H]3CC[C@H](C2)N(CC2CCC2)C3)c1Cl. The molecule has 2 atom stereocenters. The van der Waals surface area contributed by atoms with Crippen molar-refractivity contribution in [1.29, 1.82) is 0 Å². The summed E-state index contributed by atoms with van der Waals surface area (Å²) in [6.07, 6.45) is 6.70. The minimum atomic E-state index is 0.117. The van der Waals surface area contributed by atoms with Gasteiger partial charge in [-0.1, -0.05) is 30.2 Å². The lowest BCUT2D eigenvalue weighted by atomic mass is 9.83. The number of hydrogen-bond acceptors (Lipinski definition) is 2. The highest BCUT2D eigenvalue weighted by atomic mass is 35.5. The van der Waals surface area contributed by atoms with Crippen molar-refractivity contribution < 1.29 is 4.79 Å². The van der Waals surface area contributed by atoms with Gasteiger partial charge in [0.05, 0.1) is 10.6 Å². The maximum atomic E-state index is 13.1. The summed E-state index contributed by atoms with van der Waals surface area (Å²) in [5.74, 6) is 1.64. The highest BCUT2D eigenvalue weighted by molar-refractivity contribution is 6.34. The molecule has 4 fully saturated rings. The molecule has 4 aliphatic rings. The van der Waals surface area contributed by atoms with Crippen LogP contribution in [0.1, 0.15) is 48.0 Å². The number of amides is 1. The van der Waals surface area contributed by atoms with Crippen LogP contribution in [0.5, 0.6) is 0 Å². The molecule has 2 bridgehead atoms. The number of carbonyl (C=O) groups excluding carboxylic acids is 1. The van der Waals surface area contributed by atoms with E-state index in [1.54, 1.807) is 0 Å². The van der Waals surface area contributed by atoms with Crippen molar-refractivity contribution in [3.05, 3.63) is 34.3 Å². The monoisotopic (exact) mass is 346 g/mol. The Balaban J connectivity index is 1.50. The minimum Gasteiger partial charge on any atom is -0.337 e. The molecule has 3 nitrogen and oxygen atoms in total. The Kier molecular flexibility index (Phi) is 4.57. The number of fused-ring (bicyclic) bond motifs is 4. The van der Waals surface area contributed by atoms with Gasteiger partial charge in [-0.2, -0.15) is 0 Å². The van der Waals surface area contributed by atoms with Crippen LogP contribution in [0.2, 0.25) is 5.02 Å². The molecule has 0 unspecified atom stereocenters. The first-order chi connectivity index (χ1) is 11.6. The lowest BCUT2D eigenvalue weighted by Gasteiger charge is -2.40. The molecule has 24 heavy (non-hydrogen) atoms.